The first-order valence-electron chi connectivity index (χ1n) is 15.5. The molecule has 5 heterocycles. The molecule has 7 rings (SSSR count). The predicted molar refractivity (Wildman–Crippen MR) is 181 cm³/mol. The van der Waals surface area contributed by atoms with Crippen LogP contribution in [0.15, 0.2) is 67.0 Å². The lowest BCUT2D eigenvalue weighted by molar-refractivity contribution is -0.377. The Bertz CT molecular complexity index is 1760. The average molecular weight is 716 g/mol. The average Bonchev–Trinajstić information content (AvgIpc) is 3.57. The maximum absolute atomic E-state index is 14.3. The Balaban J connectivity index is 1.23. The fourth-order valence-electron chi connectivity index (χ4n) is 6.20. The lowest BCUT2D eigenvalue weighted by Crippen LogP contribution is -2.53. The van der Waals surface area contributed by atoms with Crippen molar-refractivity contribution in [2.24, 2.45) is 5.92 Å². The molecular weight excluding hydrogens is 680 g/mol. The van der Waals surface area contributed by atoms with E-state index in [1.54, 1.807) is 54.9 Å². The number of hydrogen-bond acceptors (Lipinski definition) is 8. The summed E-state index contributed by atoms with van der Waals surface area (Å²) in [6.07, 6.45) is 3.80. The van der Waals surface area contributed by atoms with Crippen LogP contribution in [0.2, 0.25) is 10.0 Å². The Morgan fingerprint density at radius 1 is 1.02 bits per heavy atom. The Kier molecular flexibility index (Phi) is 10.7. The highest BCUT2D eigenvalue weighted by atomic mass is 35.5. The van der Waals surface area contributed by atoms with Gasteiger partial charge in [-0.25, -0.2) is 19.0 Å². The van der Waals surface area contributed by atoms with Crippen LogP contribution in [0.25, 0.3) is 0 Å². The molecule has 4 aromatic rings. The summed E-state index contributed by atoms with van der Waals surface area (Å²) in [6.45, 7) is 2.79. The number of fused-ring (bicyclic) bond motifs is 3. The highest BCUT2D eigenvalue weighted by Gasteiger charge is 2.37. The molecule has 0 spiro atoms. The summed E-state index contributed by atoms with van der Waals surface area (Å²) in [4.78, 5) is 34.9. The van der Waals surface area contributed by atoms with Crippen molar-refractivity contribution in [2.45, 2.75) is 38.0 Å². The topological polar surface area (TPSA) is 91.7 Å². The molecular formula is C35H35Cl2FN3O6S+. The van der Waals surface area contributed by atoms with E-state index < -0.39 is 24.0 Å². The van der Waals surface area contributed by atoms with Gasteiger partial charge in [-0.15, -0.1) is 11.3 Å². The Labute approximate surface area is 292 Å². The summed E-state index contributed by atoms with van der Waals surface area (Å²) < 4.78 is 37.3. The molecule has 3 aliphatic heterocycles. The largest absolute Gasteiger partial charge is 0.493 e. The van der Waals surface area contributed by atoms with Gasteiger partial charge < -0.3 is 18.9 Å². The van der Waals surface area contributed by atoms with Gasteiger partial charge in [0.1, 0.15) is 32.9 Å². The number of nitrogens with zero attached hydrogens (tertiary/aromatic N) is 2. The quantitative estimate of drug-likeness (QED) is 0.150. The molecule has 3 fully saturated rings. The third-order valence-electron chi connectivity index (χ3n) is 8.78. The molecule has 0 aliphatic carbocycles. The number of methoxy groups -OCH3 is 2. The maximum Gasteiger partial charge on any atom is 0.414 e. The van der Waals surface area contributed by atoms with Crippen molar-refractivity contribution in [1.82, 2.24) is 4.90 Å². The number of carbonyl (C=O) groups excluding carboxylic acids is 2. The Hall–Kier alpha value is -3.90. The zero-order chi connectivity index (χ0) is 33.8. The van der Waals surface area contributed by atoms with Gasteiger partial charge in [0.15, 0.2) is 23.9 Å². The van der Waals surface area contributed by atoms with Crippen LogP contribution in [-0.2, 0) is 22.4 Å². The number of benzene rings is 2. The van der Waals surface area contributed by atoms with Gasteiger partial charge in [0.25, 0.3) is 0 Å². The summed E-state index contributed by atoms with van der Waals surface area (Å²) in [6, 6.07) is 14.5. The molecule has 3 saturated heterocycles. The van der Waals surface area contributed by atoms with Crippen molar-refractivity contribution in [2.75, 3.05) is 38.8 Å². The number of halogens is 3. The number of ether oxygens (including phenoxy) is 4. The number of esters is 1. The Morgan fingerprint density at radius 2 is 1.77 bits per heavy atom. The highest BCUT2D eigenvalue weighted by Crippen LogP contribution is 2.36. The number of pyridine rings is 1. The monoisotopic (exact) mass is 714 g/mol. The van der Waals surface area contributed by atoms with Crippen LogP contribution >= 0.6 is 34.5 Å². The molecule has 2 bridgehead atoms. The highest BCUT2D eigenvalue weighted by molar-refractivity contribution is 7.14. The summed E-state index contributed by atoms with van der Waals surface area (Å²) in [5.41, 5.74) is 1.61. The van der Waals surface area contributed by atoms with E-state index in [1.165, 1.54) is 42.6 Å². The van der Waals surface area contributed by atoms with Crippen LogP contribution in [0.5, 0.6) is 11.5 Å². The molecule has 252 valence electrons. The number of piperidine rings is 3. The molecule has 2 aromatic heterocycles. The number of aromatic amines is 1. The van der Waals surface area contributed by atoms with Gasteiger partial charge in [-0.2, -0.15) is 0 Å². The molecule has 1 amide bonds. The lowest BCUT2D eigenvalue weighted by Gasteiger charge is -2.44. The van der Waals surface area contributed by atoms with E-state index >= 15 is 0 Å². The molecule has 0 saturated carbocycles. The van der Waals surface area contributed by atoms with E-state index in [-0.39, 0.29) is 19.1 Å². The normalized spacial score (nSPS) is 19.0. The van der Waals surface area contributed by atoms with Crippen LogP contribution in [-0.4, -0.2) is 56.9 Å². The van der Waals surface area contributed by atoms with Gasteiger partial charge in [-0.05, 0) is 79.9 Å². The van der Waals surface area contributed by atoms with Crippen molar-refractivity contribution in [3.63, 3.8) is 0 Å². The van der Waals surface area contributed by atoms with Crippen LogP contribution in [0, 0.1) is 11.7 Å². The van der Waals surface area contributed by atoms with Crippen molar-refractivity contribution >= 4 is 52.3 Å². The second kappa shape index (κ2) is 15.1. The molecule has 9 nitrogen and oxygen atoms in total. The molecule has 1 N–H and O–H groups in total. The predicted octanol–water partition coefficient (Wildman–Crippen LogP) is 7.40. The van der Waals surface area contributed by atoms with Gasteiger partial charge in [0.2, 0.25) is 0 Å². The molecule has 13 heteroatoms. The number of anilines is 1. The molecule has 0 radical (unpaired) electrons. The second-order valence-electron chi connectivity index (χ2n) is 11.7. The van der Waals surface area contributed by atoms with Crippen molar-refractivity contribution in [1.29, 1.82) is 0 Å². The summed E-state index contributed by atoms with van der Waals surface area (Å²) in [7, 11) is 3.06. The van der Waals surface area contributed by atoms with Gasteiger partial charge in [-0.3, -0.25) is 9.80 Å². The lowest BCUT2D eigenvalue weighted by atomic mass is 9.86. The minimum atomic E-state index is -0.791. The number of aromatic nitrogens is 1. The van der Waals surface area contributed by atoms with E-state index in [0.29, 0.717) is 60.6 Å². The van der Waals surface area contributed by atoms with Gasteiger partial charge >= 0.3 is 12.1 Å². The number of rotatable bonds is 11. The smallest absolute Gasteiger partial charge is 0.414 e. The first kappa shape index (κ1) is 34.0. The first-order valence-corrected chi connectivity index (χ1v) is 17.1. The number of hydrogen-bond donors (Lipinski definition) is 0. The summed E-state index contributed by atoms with van der Waals surface area (Å²) >= 11 is 14.1. The zero-order valence-electron chi connectivity index (χ0n) is 26.4. The number of carbonyl (C=O) groups is 2. The van der Waals surface area contributed by atoms with Crippen LogP contribution in [0.1, 0.15) is 44.6 Å². The minimum absolute atomic E-state index is 0.0756. The standard InChI is InChI=1S/C35H34Cl2FN3O6S/c1-44-29-8-6-22(14-31(29)45-2)30(16-26-27(36)17-39-18-28(26)37)46-34(42)33-9-7-25(48-33)19-41(24-5-3-4-23(38)15-24)35(43)47-32-20-40-12-10-21(32)11-13-40/h3-9,14-15,17-18,21,30,32H,10-13,16,19-20H2,1-2H3/p+1/t30-,32-/m0/s1. The maximum atomic E-state index is 14.3. The van der Waals surface area contributed by atoms with Gasteiger partial charge in [0, 0.05) is 23.4 Å². The molecule has 48 heavy (non-hydrogen) atoms. The van der Waals surface area contributed by atoms with E-state index in [2.05, 4.69) is 9.88 Å². The summed E-state index contributed by atoms with van der Waals surface area (Å²) in [5, 5.41) is 0.787. The minimum Gasteiger partial charge on any atom is -0.493 e. The first-order chi connectivity index (χ1) is 23.2. The van der Waals surface area contributed by atoms with Crippen LogP contribution < -0.4 is 19.4 Å². The second-order valence-corrected chi connectivity index (χ2v) is 13.7. The SMILES string of the molecule is COc1ccc([C@H](Cc2c(Cl)c[nH+]cc2Cl)OC(=O)c2ccc(CN(C(=O)O[C@H]3CN4CCC3CC4)c3cccc(F)c3)s2)cc1OC. The summed E-state index contributed by atoms with van der Waals surface area (Å²) in [5.74, 6) is 0.258. The molecule has 2 aromatic carbocycles. The fraction of sp³-hybridized carbons (Fsp3) is 0.343. The van der Waals surface area contributed by atoms with Gasteiger partial charge in [0.05, 0.1) is 26.5 Å². The Morgan fingerprint density at radius 3 is 2.44 bits per heavy atom. The number of H-pyrrole nitrogens is 1. The van der Waals surface area contributed by atoms with E-state index in [9.17, 15) is 14.0 Å². The number of thiophene rings is 1. The molecule has 2 atom stereocenters. The van der Waals surface area contributed by atoms with E-state index in [0.717, 1.165) is 25.9 Å². The van der Waals surface area contributed by atoms with E-state index in [1.807, 2.05) is 0 Å². The van der Waals surface area contributed by atoms with Crippen molar-refractivity contribution < 1.29 is 37.9 Å². The third kappa shape index (κ3) is 7.70. The number of nitrogens with one attached hydrogen (secondary N) is 1. The van der Waals surface area contributed by atoms with E-state index in [4.69, 9.17) is 42.1 Å². The zero-order valence-corrected chi connectivity index (χ0v) is 28.7. The molecule has 0 unspecified atom stereocenters. The van der Waals surface area contributed by atoms with Crippen LogP contribution in [0.4, 0.5) is 14.9 Å². The third-order valence-corrected chi connectivity index (χ3v) is 10.5. The molecule has 3 aliphatic rings. The fourth-order valence-corrected chi connectivity index (χ4v) is 7.61. The van der Waals surface area contributed by atoms with Gasteiger partial charge in [-0.1, -0.05) is 35.3 Å². The van der Waals surface area contributed by atoms with Crippen molar-refractivity contribution in [3.8, 4) is 11.5 Å². The van der Waals surface area contributed by atoms with Crippen molar-refractivity contribution in [3.05, 3.63) is 104 Å². The van der Waals surface area contributed by atoms with Crippen LogP contribution in [0.3, 0.4) is 0 Å². The number of amides is 1.